The lowest BCUT2D eigenvalue weighted by atomic mass is 10.5. The van der Waals surface area contributed by atoms with Crippen LogP contribution < -0.4 is 5.73 Å². The molecular formula is C7H7N3S2. The van der Waals surface area contributed by atoms with E-state index in [0.29, 0.717) is 6.54 Å². The highest BCUT2D eigenvalue weighted by Crippen LogP contribution is 2.27. The quantitative estimate of drug-likeness (QED) is 0.797. The summed E-state index contributed by atoms with van der Waals surface area (Å²) in [5.74, 6) is 0. The molecule has 12 heavy (non-hydrogen) atoms. The maximum Gasteiger partial charge on any atom is 0.157 e. The second-order valence-corrected chi connectivity index (χ2v) is 4.19. The van der Waals surface area contributed by atoms with Gasteiger partial charge in [0.1, 0.15) is 5.01 Å². The predicted molar refractivity (Wildman–Crippen MR) is 51.1 cm³/mol. The van der Waals surface area contributed by atoms with Crippen molar-refractivity contribution in [3.63, 3.8) is 0 Å². The van der Waals surface area contributed by atoms with Gasteiger partial charge in [0.05, 0.1) is 4.88 Å². The zero-order valence-corrected chi connectivity index (χ0v) is 7.86. The van der Waals surface area contributed by atoms with E-state index in [2.05, 4.69) is 10.2 Å². The zero-order chi connectivity index (χ0) is 8.39. The molecule has 0 bridgehead atoms. The van der Waals surface area contributed by atoms with Gasteiger partial charge < -0.3 is 5.73 Å². The van der Waals surface area contributed by atoms with Crippen LogP contribution in [0.2, 0.25) is 0 Å². The molecule has 0 aliphatic rings. The van der Waals surface area contributed by atoms with E-state index >= 15 is 0 Å². The van der Waals surface area contributed by atoms with Gasteiger partial charge in [-0.25, -0.2) is 0 Å². The molecule has 2 aromatic heterocycles. The highest BCUT2D eigenvalue weighted by Gasteiger charge is 2.04. The van der Waals surface area contributed by atoms with Crippen molar-refractivity contribution >= 4 is 22.7 Å². The summed E-state index contributed by atoms with van der Waals surface area (Å²) in [5.41, 5.74) is 5.43. The first-order chi connectivity index (χ1) is 5.90. The van der Waals surface area contributed by atoms with Gasteiger partial charge in [0.2, 0.25) is 0 Å². The number of aromatic nitrogens is 2. The van der Waals surface area contributed by atoms with E-state index in [1.807, 2.05) is 17.5 Å². The van der Waals surface area contributed by atoms with Gasteiger partial charge in [-0.3, -0.25) is 0 Å². The normalized spacial score (nSPS) is 10.4. The molecule has 0 fully saturated rings. The molecule has 0 aliphatic heterocycles. The van der Waals surface area contributed by atoms with Crippen molar-refractivity contribution in [1.82, 2.24) is 10.2 Å². The average Bonchev–Trinajstić information content (AvgIpc) is 2.75. The second kappa shape index (κ2) is 3.30. The van der Waals surface area contributed by atoms with E-state index in [-0.39, 0.29) is 0 Å². The van der Waals surface area contributed by atoms with Crippen LogP contribution in [0.25, 0.3) is 9.88 Å². The molecule has 0 unspecified atom stereocenters. The maximum absolute atomic E-state index is 5.43. The second-order valence-electron chi connectivity index (χ2n) is 2.18. The SMILES string of the molecule is NCc1nnc(-c2cccs2)s1. The van der Waals surface area contributed by atoms with Crippen LogP contribution in [0.15, 0.2) is 17.5 Å². The summed E-state index contributed by atoms with van der Waals surface area (Å²) in [5, 5.41) is 11.8. The van der Waals surface area contributed by atoms with Crippen molar-refractivity contribution in [2.45, 2.75) is 6.54 Å². The molecule has 0 aliphatic carbocycles. The van der Waals surface area contributed by atoms with Crippen LogP contribution in [-0.4, -0.2) is 10.2 Å². The Labute approximate surface area is 77.9 Å². The fourth-order valence-electron chi connectivity index (χ4n) is 0.836. The molecule has 2 aromatic rings. The third kappa shape index (κ3) is 1.38. The lowest BCUT2D eigenvalue weighted by Crippen LogP contribution is -1.94. The molecule has 0 saturated heterocycles. The first-order valence-corrected chi connectivity index (χ1v) is 5.16. The predicted octanol–water partition coefficient (Wildman–Crippen LogP) is 1.73. The number of nitrogens with two attached hydrogens (primary N) is 1. The van der Waals surface area contributed by atoms with Gasteiger partial charge in [-0.2, -0.15) is 0 Å². The van der Waals surface area contributed by atoms with Crippen molar-refractivity contribution in [1.29, 1.82) is 0 Å². The standard InChI is InChI=1S/C7H7N3S2/c8-4-6-9-10-7(12-6)5-2-1-3-11-5/h1-3H,4,8H2. The van der Waals surface area contributed by atoms with E-state index in [0.717, 1.165) is 14.9 Å². The van der Waals surface area contributed by atoms with E-state index in [9.17, 15) is 0 Å². The molecule has 5 heteroatoms. The number of rotatable bonds is 2. The first-order valence-electron chi connectivity index (χ1n) is 3.46. The summed E-state index contributed by atoms with van der Waals surface area (Å²) in [6.07, 6.45) is 0. The molecule has 0 aromatic carbocycles. The molecule has 0 amide bonds. The van der Waals surface area contributed by atoms with Gasteiger partial charge in [-0.15, -0.1) is 21.5 Å². The Hall–Kier alpha value is -0.780. The number of hydrogen-bond acceptors (Lipinski definition) is 5. The third-order valence-corrected chi connectivity index (χ3v) is 3.36. The Balaban J connectivity index is 2.35. The Morgan fingerprint density at radius 1 is 1.42 bits per heavy atom. The summed E-state index contributed by atoms with van der Waals surface area (Å²) in [7, 11) is 0. The van der Waals surface area contributed by atoms with Crippen LogP contribution >= 0.6 is 22.7 Å². The average molecular weight is 197 g/mol. The van der Waals surface area contributed by atoms with Gasteiger partial charge >= 0.3 is 0 Å². The number of hydrogen-bond donors (Lipinski definition) is 1. The molecular weight excluding hydrogens is 190 g/mol. The fourth-order valence-corrected chi connectivity index (χ4v) is 2.35. The van der Waals surface area contributed by atoms with Crippen molar-refractivity contribution in [3.05, 3.63) is 22.5 Å². The maximum atomic E-state index is 5.43. The van der Waals surface area contributed by atoms with Crippen LogP contribution in [0.1, 0.15) is 5.01 Å². The molecule has 62 valence electrons. The van der Waals surface area contributed by atoms with Crippen molar-refractivity contribution in [2.75, 3.05) is 0 Å². The minimum Gasteiger partial charge on any atom is -0.324 e. The largest absolute Gasteiger partial charge is 0.324 e. The zero-order valence-electron chi connectivity index (χ0n) is 6.23. The molecule has 2 rings (SSSR count). The summed E-state index contributed by atoms with van der Waals surface area (Å²) >= 11 is 3.22. The molecule has 0 atom stereocenters. The minimum absolute atomic E-state index is 0.475. The molecule has 0 saturated carbocycles. The van der Waals surface area contributed by atoms with Crippen molar-refractivity contribution in [3.8, 4) is 9.88 Å². The van der Waals surface area contributed by atoms with Gasteiger partial charge in [-0.05, 0) is 11.4 Å². The van der Waals surface area contributed by atoms with E-state index < -0.39 is 0 Å². The smallest absolute Gasteiger partial charge is 0.157 e. The number of nitrogens with zero attached hydrogens (tertiary/aromatic N) is 2. The lowest BCUT2D eigenvalue weighted by Gasteiger charge is -1.83. The van der Waals surface area contributed by atoms with Crippen molar-refractivity contribution < 1.29 is 0 Å². The lowest BCUT2D eigenvalue weighted by molar-refractivity contribution is 0.961. The summed E-state index contributed by atoms with van der Waals surface area (Å²) in [6, 6.07) is 4.04. The molecule has 2 N–H and O–H groups in total. The fraction of sp³-hybridized carbons (Fsp3) is 0.143. The van der Waals surface area contributed by atoms with Gasteiger partial charge in [-0.1, -0.05) is 17.4 Å². The monoisotopic (exact) mass is 197 g/mol. The minimum atomic E-state index is 0.475. The Morgan fingerprint density at radius 2 is 2.33 bits per heavy atom. The van der Waals surface area contributed by atoms with Crippen LogP contribution in [0.5, 0.6) is 0 Å². The van der Waals surface area contributed by atoms with Gasteiger partial charge in [0.25, 0.3) is 0 Å². The first kappa shape index (κ1) is 7.85. The summed E-state index contributed by atoms with van der Waals surface area (Å²) in [4.78, 5) is 1.16. The highest BCUT2D eigenvalue weighted by molar-refractivity contribution is 7.20. The third-order valence-electron chi connectivity index (χ3n) is 1.37. The number of thiophene rings is 1. The topological polar surface area (TPSA) is 51.8 Å². The van der Waals surface area contributed by atoms with Crippen LogP contribution in [0.3, 0.4) is 0 Å². The highest BCUT2D eigenvalue weighted by atomic mass is 32.1. The van der Waals surface area contributed by atoms with E-state index in [1.165, 1.54) is 0 Å². The van der Waals surface area contributed by atoms with Crippen LogP contribution in [-0.2, 0) is 6.54 Å². The van der Waals surface area contributed by atoms with Crippen molar-refractivity contribution in [2.24, 2.45) is 5.73 Å². The Kier molecular flexibility index (Phi) is 2.16. The molecule has 3 nitrogen and oxygen atoms in total. The van der Waals surface area contributed by atoms with Crippen LogP contribution in [0.4, 0.5) is 0 Å². The molecule has 2 heterocycles. The summed E-state index contributed by atoms with van der Waals surface area (Å²) in [6.45, 7) is 0.475. The molecule has 0 spiro atoms. The van der Waals surface area contributed by atoms with Crippen LogP contribution in [0, 0.1) is 0 Å². The van der Waals surface area contributed by atoms with E-state index in [4.69, 9.17) is 5.73 Å². The Bertz CT molecular complexity index is 352. The van der Waals surface area contributed by atoms with E-state index in [1.54, 1.807) is 22.7 Å². The summed E-state index contributed by atoms with van der Waals surface area (Å²) < 4.78 is 0. The Morgan fingerprint density at radius 3 is 2.92 bits per heavy atom. The van der Waals surface area contributed by atoms with Gasteiger partial charge in [0.15, 0.2) is 5.01 Å². The van der Waals surface area contributed by atoms with Gasteiger partial charge in [0, 0.05) is 6.54 Å². The molecule has 0 radical (unpaired) electrons.